The highest BCUT2D eigenvalue weighted by Crippen LogP contribution is 2.39. The van der Waals surface area contributed by atoms with Crippen molar-refractivity contribution in [2.24, 2.45) is 0 Å². The first-order chi connectivity index (χ1) is 13.7. The van der Waals surface area contributed by atoms with Crippen molar-refractivity contribution in [2.45, 2.75) is 32.5 Å². The van der Waals surface area contributed by atoms with E-state index in [2.05, 4.69) is 63.1 Å². The number of hydrogen-bond acceptors (Lipinski definition) is 5. The van der Waals surface area contributed by atoms with Gasteiger partial charge in [-0.05, 0) is 61.1 Å². The fourth-order valence-electron chi connectivity index (χ4n) is 3.91. The van der Waals surface area contributed by atoms with Gasteiger partial charge in [0.25, 0.3) is 0 Å². The van der Waals surface area contributed by atoms with Crippen LogP contribution in [0.2, 0.25) is 0 Å². The predicted octanol–water partition coefficient (Wildman–Crippen LogP) is 4.57. The zero-order valence-electron chi connectivity index (χ0n) is 16.1. The van der Waals surface area contributed by atoms with Crippen LogP contribution in [-0.2, 0) is 6.67 Å². The van der Waals surface area contributed by atoms with Gasteiger partial charge in [0.15, 0.2) is 10.6 Å². The molecule has 0 amide bonds. The molecule has 1 saturated carbocycles. The highest BCUT2D eigenvalue weighted by Gasteiger charge is 2.30. The minimum atomic E-state index is 0.538. The van der Waals surface area contributed by atoms with E-state index in [1.165, 1.54) is 29.0 Å². The number of piperazine rings is 1. The summed E-state index contributed by atoms with van der Waals surface area (Å²) in [4.78, 5) is 6.15. The van der Waals surface area contributed by atoms with E-state index in [0.717, 1.165) is 43.4 Å². The van der Waals surface area contributed by atoms with Crippen molar-refractivity contribution in [3.05, 3.63) is 52.1 Å². The number of nitrogens with zero attached hydrogens (tertiary/aromatic N) is 5. The van der Waals surface area contributed by atoms with Crippen molar-refractivity contribution in [2.75, 3.05) is 31.1 Å². The maximum atomic E-state index is 5.82. The molecule has 0 N–H and O–H groups in total. The van der Waals surface area contributed by atoms with E-state index in [1.807, 2.05) is 4.68 Å². The average molecular weight is 412 g/mol. The molecule has 2 fully saturated rings. The number of aryl methyl sites for hydroxylation is 1. The first kappa shape index (κ1) is 18.1. The molecule has 0 atom stereocenters. The smallest absolute Gasteiger partial charge is 0.199 e. The van der Waals surface area contributed by atoms with Crippen LogP contribution in [-0.4, -0.2) is 45.4 Å². The van der Waals surface area contributed by atoms with Gasteiger partial charge in [-0.15, -0.1) is 16.4 Å². The molecule has 2 aromatic heterocycles. The molecule has 0 unspecified atom stereocenters. The molecule has 1 aliphatic carbocycles. The third-order valence-corrected chi connectivity index (χ3v) is 6.87. The van der Waals surface area contributed by atoms with Gasteiger partial charge in [-0.25, -0.2) is 4.68 Å². The lowest BCUT2D eigenvalue weighted by Crippen LogP contribution is -2.47. The summed E-state index contributed by atoms with van der Waals surface area (Å²) in [6.07, 6.45) is 2.43. The van der Waals surface area contributed by atoms with E-state index in [4.69, 9.17) is 17.3 Å². The van der Waals surface area contributed by atoms with Crippen LogP contribution in [0.4, 0.5) is 5.69 Å². The number of benzene rings is 1. The van der Waals surface area contributed by atoms with Gasteiger partial charge in [-0.2, -0.15) is 0 Å². The van der Waals surface area contributed by atoms with Gasteiger partial charge in [0.05, 0.1) is 11.5 Å². The van der Waals surface area contributed by atoms with Crippen molar-refractivity contribution in [1.29, 1.82) is 0 Å². The topological polar surface area (TPSA) is 29.2 Å². The molecule has 3 aromatic rings. The van der Waals surface area contributed by atoms with Crippen LogP contribution in [0.25, 0.3) is 10.7 Å². The number of anilines is 1. The molecule has 7 heteroatoms. The van der Waals surface area contributed by atoms with Crippen LogP contribution in [0.5, 0.6) is 0 Å². The maximum Gasteiger partial charge on any atom is 0.199 e. The summed E-state index contributed by atoms with van der Waals surface area (Å²) in [5.74, 6) is 1.04. The Labute approximate surface area is 174 Å². The number of aromatic nitrogens is 3. The third-order valence-electron chi connectivity index (χ3n) is 5.60. The van der Waals surface area contributed by atoms with E-state index in [-0.39, 0.29) is 0 Å². The number of rotatable bonds is 5. The summed E-state index contributed by atoms with van der Waals surface area (Å²) in [6, 6.07) is 13.6. The molecule has 0 spiro atoms. The van der Waals surface area contributed by atoms with Crippen LogP contribution < -0.4 is 4.90 Å². The van der Waals surface area contributed by atoms with Crippen LogP contribution in [0.1, 0.15) is 24.4 Å². The minimum absolute atomic E-state index is 0.538. The van der Waals surface area contributed by atoms with Crippen LogP contribution in [0.15, 0.2) is 41.8 Å². The van der Waals surface area contributed by atoms with Crippen molar-refractivity contribution in [1.82, 2.24) is 19.2 Å². The molecule has 28 heavy (non-hydrogen) atoms. The Hall–Kier alpha value is -1.96. The highest BCUT2D eigenvalue weighted by atomic mass is 32.1. The van der Waals surface area contributed by atoms with Gasteiger partial charge in [-0.3, -0.25) is 9.47 Å². The second kappa shape index (κ2) is 7.46. The minimum Gasteiger partial charge on any atom is -0.369 e. The van der Waals surface area contributed by atoms with Crippen molar-refractivity contribution >= 4 is 29.2 Å². The molecule has 5 nitrogen and oxygen atoms in total. The molecule has 5 rings (SSSR count). The van der Waals surface area contributed by atoms with Gasteiger partial charge < -0.3 is 4.90 Å². The average Bonchev–Trinajstić information content (AvgIpc) is 3.28. The fraction of sp³-hybridized carbons (Fsp3) is 0.429. The summed E-state index contributed by atoms with van der Waals surface area (Å²) >= 11 is 7.56. The molecule has 0 radical (unpaired) electrons. The van der Waals surface area contributed by atoms with Crippen molar-refractivity contribution in [3.63, 3.8) is 0 Å². The Morgan fingerprint density at radius 1 is 1.11 bits per heavy atom. The monoisotopic (exact) mass is 411 g/mol. The Morgan fingerprint density at radius 3 is 2.61 bits per heavy atom. The first-order valence-electron chi connectivity index (χ1n) is 9.96. The number of thiophene rings is 1. The summed E-state index contributed by atoms with van der Waals surface area (Å²) in [6.45, 7) is 7.07. The molecule has 1 aromatic carbocycles. The molecular weight excluding hydrogens is 386 g/mol. The summed E-state index contributed by atoms with van der Waals surface area (Å²) in [7, 11) is 0. The summed E-state index contributed by atoms with van der Waals surface area (Å²) in [5, 5.41) is 7.04. The van der Waals surface area contributed by atoms with E-state index >= 15 is 0 Å². The van der Waals surface area contributed by atoms with E-state index in [0.29, 0.717) is 6.04 Å². The zero-order chi connectivity index (χ0) is 19.1. The largest absolute Gasteiger partial charge is 0.369 e. The van der Waals surface area contributed by atoms with Gasteiger partial charge in [0, 0.05) is 37.9 Å². The number of hydrogen-bond donors (Lipinski definition) is 0. The normalized spacial score (nSPS) is 18.0. The lowest BCUT2D eigenvalue weighted by atomic mass is 10.2. The molecule has 3 heterocycles. The van der Waals surface area contributed by atoms with Crippen LogP contribution in [0.3, 0.4) is 0 Å². The molecule has 2 aliphatic rings. The van der Waals surface area contributed by atoms with E-state index < -0.39 is 0 Å². The van der Waals surface area contributed by atoms with Gasteiger partial charge >= 0.3 is 0 Å². The molecule has 0 bridgehead atoms. The van der Waals surface area contributed by atoms with Gasteiger partial charge in [0.1, 0.15) is 0 Å². The molecular formula is C21H25N5S2. The summed E-state index contributed by atoms with van der Waals surface area (Å²) < 4.78 is 5.18. The van der Waals surface area contributed by atoms with Crippen molar-refractivity contribution in [3.8, 4) is 10.7 Å². The summed E-state index contributed by atoms with van der Waals surface area (Å²) in [5.41, 5.74) is 2.65. The second-order valence-electron chi connectivity index (χ2n) is 7.77. The Kier molecular flexibility index (Phi) is 4.82. The standard InChI is InChI=1S/C21H25N5S2/c1-16-4-2-5-18(14-16)24-11-9-23(10-12-24)15-25-21(27)26(17-7-8-17)20(22-25)19-6-3-13-28-19/h2-6,13-14,17H,7-12,15H2,1H3. The molecule has 146 valence electrons. The Morgan fingerprint density at radius 2 is 1.93 bits per heavy atom. The quantitative estimate of drug-likeness (QED) is 0.576. The lowest BCUT2D eigenvalue weighted by molar-refractivity contribution is 0.194. The second-order valence-corrected chi connectivity index (χ2v) is 9.08. The first-order valence-corrected chi connectivity index (χ1v) is 11.2. The van der Waals surface area contributed by atoms with E-state index in [1.54, 1.807) is 11.3 Å². The molecule has 1 aliphatic heterocycles. The van der Waals surface area contributed by atoms with Crippen molar-refractivity contribution < 1.29 is 0 Å². The maximum absolute atomic E-state index is 5.82. The zero-order valence-corrected chi connectivity index (χ0v) is 17.8. The van der Waals surface area contributed by atoms with Gasteiger partial charge in [-0.1, -0.05) is 18.2 Å². The lowest BCUT2D eigenvalue weighted by Gasteiger charge is -2.36. The SMILES string of the molecule is Cc1cccc(N2CCN(Cn3nc(-c4cccs4)n(C4CC4)c3=S)CC2)c1. The molecule has 1 saturated heterocycles. The Balaban J connectivity index is 1.31. The van der Waals surface area contributed by atoms with E-state index in [9.17, 15) is 0 Å². The van der Waals surface area contributed by atoms with Crippen LogP contribution >= 0.6 is 23.6 Å². The van der Waals surface area contributed by atoms with Gasteiger partial charge in [0.2, 0.25) is 0 Å². The third kappa shape index (κ3) is 3.54. The predicted molar refractivity (Wildman–Crippen MR) is 118 cm³/mol. The fourth-order valence-corrected chi connectivity index (χ4v) is 4.95. The Bertz CT molecular complexity index is 1010. The van der Waals surface area contributed by atoms with Crippen LogP contribution in [0, 0.1) is 11.7 Å². The highest BCUT2D eigenvalue weighted by molar-refractivity contribution is 7.71.